The molecule has 0 aromatic carbocycles. The highest BCUT2D eigenvalue weighted by atomic mass is 16.6. The number of aryl methyl sites for hydroxylation is 1. The number of nitrogens with one attached hydrogen (secondary N) is 1. The molecule has 0 aliphatic rings. The molecule has 1 rings (SSSR count). The van der Waals surface area contributed by atoms with Crippen LogP contribution in [0.4, 0.5) is 11.5 Å². The normalized spacial score (nSPS) is 10.7. The van der Waals surface area contributed by atoms with Crippen LogP contribution in [0.5, 0.6) is 5.88 Å². The van der Waals surface area contributed by atoms with Gasteiger partial charge in [0.05, 0.1) is 12.0 Å². The van der Waals surface area contributed by atoms with Gasteiger partial charge in [0.1, 0.15) is 5.82 Å². The molecule has 21 heavy (non-hydrogen) atoms. The Bertz CT molecular complexity index is 479. The molecule has 0 aliphatic heterocycles. The third-order valence-electron chi connectivity index (χ3n) is 2.82. The van der Waals surface area contributed by atoms with Gasteiger partial charge in [-0.1, -0.05) is 6.92 Å². The van der Waals surface area contributed by atoms with Gasteiger partial charge < -0.3 is 15.0 Å². The molecule has 0 saturated heterocycles. The highest BCUT2D eigenvalue weighted by molar-refractivity contribution is 5.61. The lowest BCUT2D eigenvalue weighted by molar-refractivity contribution is -0.385. The third-order valence-corrected chi connectivity index (χ3v) is 2.82. The highest BCUT2D eigenvalue weighted by Gasteiger charge is 2.25. The van der Waals surface area contributed by atoms with Gasteiger partial charge in [0.25, 0.3) is 5.88 Å². The second-order valence-electron chi connectivity index (χ2n) is 4.94. The molecule has 0 saturated carbocycles. The zero-order valence-electron chi connectivity index (χ0n) is 13.0. The standard InChI is InChI=1S/C13H23N5O3/c1-5-7-10-15-12(14-8-6-9-17(2)3)11(18(19)20)13(16-10)21-4/h5-9H2,1-4H3,(H,14,15,16). The number of anilines is 1. The van der Waals surface area contributed by atoms with Crippen LogP contribution in [0.15, 0.2) is 0 Å². The molecular weight excluding hydrogens is 274 g/mol. The molecule has 0 aliphatic carbocycles. The van der Waals surface area contributed by atoms with Crippen LogP contribution in [-0.2, 0) is 6.42 Å². The lowest BCUT2D eigenvalue weighted by Crippen LogP contribution is -2.17. The van der Waals surface area contributed by atoms with Crippen LogP contribution < -0.4 is 10.1 Å². The van der Waals surface area contributed by atoms with E-state index >= 15 is 0 Å². The second-order valence-corrected chi connectivity index (χ2v) is 4.94. The quantitative estimate of drug-likeness (QED) is 0.421. The fourth-order valence-electron chi connectivity index (χ4n) is 1.85. The second kappa shape index (κ2) is 8.35. The summed E-state index contributed by atoms with van der Waals surface area (Å²) in [5, 5.41) is 14.2. The molecule has 118 valence electrons. The maximum absolute atomic E-state index is 11.2. The molecule has 1 aromatic rings. The van der Waals surface area contributed by atoms with Gasteiger partial charge in [-0.3, -0.25) is 10.1 Å². The van der Waals surface area contributed by atoms with Gasteiger partial charge in [-0.2, -0.15) is 4.98 Å². The van der Waals surface area contributed by atoms with E-state index in [-0.39, 0.29) is 17.4 Å². The van der Waals surface area contributed by atoms with E-state index in [0.29, 0.717) is 18.8 Å². The first kappa shape index (κ1) is 17.1. The molecule has 0 radical (unpaired) electrons. The summed E-state index contributed by atoms with van der Waals surface area (Å²) in [5.41, 5.74) is -0.206. The molecule has 0 fully saturated rings. The maximum Gasteiger partial charge on any atom is 0.372 e. The molecule has 0 atom stereocenters. The predicted molar refractivity (Wildman–Crippen MR) is 80.9 cm³/mol. The number of methoxy groups -OCH3 is 1. The molecule has 1 N–H and O–H groups in total. The van der Waals surface area contributed by atoms with Crippen LogP contribution in [0.2, 0.25) is 0 Å². The van der Waals surface area contributed by atoms with Gasteiger partial charge in [-0.25, -0.2) is 4.98 Å². The first-order valence-corrected chi connectivity index (χ1v) is 6.97. The Morgan fingerprint density at radius 3 is 2.62 bits per heavy atom. The average Bonchev–Trinajstić information content (AvgIpc) is 2.42. The summed E-state index contributed by atoms with van der Waals surface area (Å²) in [6, 6.07) is 0. The van der Waals surface area contributed by atoms with Crippen LogP contribution in [0, 0.1) is 10.1 Å². The van der Waals surface area contributed by atoms with Crippen molar-refractivity contribution >= 4 is 11.5 Å². The highest BCUT2D eigenvalue weighted by Crippen LogP contribution is 2.31. The number of nitro groups is 1. The number of aromatic nitrogens is 2. The van der Waals surface area contributed by atoms with E-state index < -0.39 is 4.92 Å². The smallest absolute Gasteiger partial charge is 0.372 e. The summed E-state index contributed by atoms with van der Waals surface area (Å²) in [6.45, 7) is 3.50. The monoisotopic (exact) mass is 297 g/mol. The van der Waals surface area contributed by atoms with Crippen molar-refractivity contribution in [2.45, 2.75) is 26.2 Å². The Kier molecular flexibility index (Phi) is 6.80. The average molecular weight is 297 g/mol. The van der Waals surface area contributed by atoms with Gasteiger partial charge >= 0.3 is 5.69 Å². The van der Waals surface area contributed by atoms with E-state index in [9.17, 15) is 10.1 Å². The minimum Gasteiger partial charge on any atom is -0.476 e. The Labute approximate surface area is 124 Å². The number of nitrogens with zero attached hydrogens (tertiary/aromatic N) is 4. The summed E-state index contributed by atoms with van der Waals surface area (Å²) < 4.78 is 5.04. The first-order chi connectivity index (χ1) is 9.99. The molecule has 0 bridgehead atoms. The van der Waals surface area contributed by atoms with E-state index in [0.717, 1.165) is 19.4 Å². The lowest BCUT2D eigenvalue weighted by atomic mass is 10.3. The number of hydrogen-bond donors (Lipinski definition) is 1. The lowest BCUT2D eigenvalue weighted by Gasteiger charge is -2.12. The summed E-state index contributed by atoms with van der Waals surface area (Å²) in [6.07, 6.45) is 2.38. The van der Waals surface area contributed by atoms with Gasteiger partial charge in [-0.15, -0.1) is 0 Å². The van der Waals surface area contributed by atoms with Crippen molar-refractivity contribution in [1.29, 1.82) is 0 Å². The first-order valence-electron chi connectivity index (χ1n) is 6.97. The number of hydrogen-bond acceptors (Lipinski definition) is 7. The molecule has 0 spiro atoms. The maximum atomic E-state index is 11.2. The fraction of sp³-hybridized carbons (Fsp3) is 0.692. The van der Waals surface area contributed by atoms with Crippen molar-refractivity contribution in [3.63, 3.8) is 0 Å². The van der Waals surface area contributed by atoms with E-state index in [2.05, 4.69) is 20.2 Å². The summed E-state index contributed by atoms with van der Waals surface area (Å²) in [4.78, 5) is 21.1. The van der Waals surface area contributed by atoms with E-state index in [4.69, 9.17) is 4.74 Å². The SMILES string of the molecule is CCCc1nc(NCCCN(C)C)c([N+](=O)[O-])c(OC)n1. The van der Waals surface area contributed by atoms with Crippen LogP contribution in [0.25, 0.3) is 0 Å². The van der Waals surface area contributed by atoms with Crippen molar-refractivity contribution in [2.75, 3.05) is 39.6 Å². The predicted octanol–water partition coefficient (Wildman–Crippen LogP) is 1.71. The van der Waals surface area contributed by atoms with Gasteiger partial charge in [-0.05, 0) is 33.5 Å². The molecule has 0 amide bonds. The van der Waals surface area contributed by atoms with Crippen molar-refractivity contribution in [1.82, 2.24) is 14.9 Å². The zero-order chi connectivity index (χ0) is 15.8. The molecule has 8 nitrogen and oxygen atoms in total. The minimum atomic E-state index is -0.511. The summed E-state index contributed by atoms with van der Waals surface area (Å²) in [7, 11) is 5.34. The minimum absolute atomic E-state index is 0.00793. The van der Waals surface area contributed by atoms with E-state index in [1.807, 2.05) is 21.0 Å². The van der Waals surface area contributed by atoms with Gasteiger partial charge in [0.15, 0.2) is 0 Å². The molecule has 8 heteroatoms. The molecular formula is C13H23N5O3. The number of rotatable bonds is 9. The Morgan fingerprint density at radius 2 is 2.10 bits per heavy atom. The number of ether oxygens (including phenoxy) is 1. The zero-order valence-corrected chi connectivity index (χ0v) is 13.0. The van der Waals surface area contributed by atoms with Crippen LogP contribution in [0.3, 0.4) is 0 Å². The van der Waals surface area contributed by atoms with E-state index in [1.54, 1.807) is 0 Å². The van der Waals surface area contributed by atoms with Gasteiger partial charge in [0.2, 0.25) is 5.82 Å². The molecule has 1 aromatic heterocycles. The summed E-state index contributed by atoms with van der Waals surface area (Å²) >= 11 is 0. The van der Waals surface area contributed by atoms with Crippen LogP contribution in [-0.4, -0.2) is 54.1 Å². The Hall–Kier alpha value is -1.96. The largest absolute Gasteiger partial charge is 0.476 e. The molecule has 0 unspecified atom stereocenters. The van der Waals surface area contributed by atoms with Gasteiger partial charge in [0, 0.05) is 13.0 Å². The van der Waals surface area contributed by atoms with Crippen LogP contribution >= 0.6 is 0 Å². The van der Waals surface area contributed by atoms with Crippen molar-refractivity contribution < 1.29 is 9.66 Å². The fourth-order valence-corrected chi connectivity index (χ4v) is 1.85. The topological polar surface area (TPSA) is 93.4 Å². The van der Waals surface area contributed by atoms with Crippen molar-refractivity contribution in [3.8, 4) is 5.88 Å². The van der Waals surface area contributed by atoms with Crippen LogP contribution in [0.1, 0.15) is 25.6 Å². The Balaban J connectivity index is 2.96. The third kappa shape index (κ3) is 5.14. The van der Waals surface area contributed by atoms with Crippen molar-refractivity contribution in [2.24, 2.45) is 0 Å². The Morgan fingerprint density at radius 1 is 1.38 bits per heavy atom. The van der Waals surface area contributed by atoms with E-state index in [1.165, 1.54) is 7.11 Å². The molecule has 1 heterocycles. The van der Waals surface area contributed by atoms with Crippen molar-refractivity contribution in [3.05, 3.63) is 15.9 Å². The summed E-state index contributed by atoms with van der Waals surface area (Å²) in [5.74, 6) is 0.790.